The first-order chi connectivity index (χ1) is 20.5. The van der Waals surface area contributed by atoms with Crippen LogP contribution in [0.25, 0.3) is 0 Å². The quantitative estimate of drug-likeness (QED) is 0.199. The van der Waals surface area contributed by atoms with E-state index in [0.717, 1.165) is 38.5 Å². The van der Waals surface area contributed by atoms with Gasteiger partial charge in [-0.2, -0.15) is 17.0 Å². The summed E-state index contributed by atoms with van der Waals surface area (Å²) in [7, 11) is -3.64. The summed E-state index contributed by atoms with van der Waals surface area (Å²) in [5.41, 5.74) is -1.75. The third kappa shape index (κ3) is 8.63. The number of likely N-dealkylation sites (tertiary alicyclic amines) is 1. The van der Waals surface area contributed by atoms with Crippen molar-refractivity contribution in [1.29, 1.82) is 0 Å². The molecule has 4 atom stereocenters. The summed E-state index contributed by atoms with van der Waals surface area (Å²) in [5, 5.41) is 18.1. The molecule has 4 amide bonds. The van der Waals surface area contributed by atoms with E-state index in [1.807, 2.05) is 34.6 Å². The molecule has 2 saturated heterocycles. The van der Waals surface area contributed by atoms with E-state index >= 15 is 0 Å². The third-order valence-corrected chi connectivity index (χ3v) is 11.5. The lowest BCUT2D eigenvalue weighted by atomic mass is 9.86. The van der Waals surface area contributed by atoms with E-state index in [-0.39, 0.29) is 25.0 Å². The van der Waals surface area contributed by atoms with Crippen molar-refractivity contribution in [3.8, 4) is 0 Å². The van der Waals surface area contributed by atoms with Gasteiger partial charge in [0.2, 0.25) is 11.8 Å². The zero-order valence-corrected chi connectivity index (χ0v) is 28.2. The van der Waals surface area contributed by atoms with Crippen molar-refractivity contribution in [2.45, 2.75) is 123 Å². The second kappa shape index (κ2) is 14.8. The van der Waals surface area contributed by atoms with Crippen LogP contribution in [0.5, 0.6) is 0 Å². The zero-order chi connectivity index (χ0) is 32.9. The number of carboxylic acid groups (broad SMARTS) is 1. The van der Waals surface area contributed by atoms with E-state index in [2.05, 4.69) is 22.9 Å². The Kier molecular flexibility index (Phi) is 12.1. The number of urea groups is 1. The number of hydrogen-bond acceptors (Lipinski definition) is 6. The standard InChI is InChI=1S/C30H54N6O7S/c1-7-8-9-10-11-13-22-18-30(22,27(39)40)33-26(38)23-14-12-15-35(23)25(37)19-31-28(41)32-24(29(4,5)6)20-34-16-17-36(21(2)3)44(34,42)43/h21-24H,7-20H2,1-6H3,(H,33,38)(H,39,40)(H2,31,32,41)/t22?,23?,24?,30-/m1/s1. The van der Waals surface area contributed by atoms with Gasteiger partial charge in [-0.25, -0.2) is 9.59 Å². The Balaban J connectivity index is 1.53. The molecule has 1 saturated carbocycles. The minimum atomic E-state index is -3.64. The highest BCUT2D eigenvalue weighted by atomic mass is 32.2. The number of nitrogens with zero attached hydrogens (tertiary/aromatic N) is 3. The van der Waals surface area contributed by atoms with Crippen LogP contribution in [0.4, 0.5) is 4.79 Å². The van der Waals surface area contributed by atoms with Gasteiger partial charge in [0, 0.05) is 38.3 Å². The average molecular weight is 643 g/mol. The lowest BCUT2D eigenvalue weighted by molar-refractivity contribution is -0.145. The fourth-order valence-electron chi connectivity index (χ4n) is 6.29. The van der Waals surface area contributed by atoms with Gasteiger partial charge in [-0.1, -0.05) is 59.8 Å². The molecule has 252 valence electrons. The highest BCUT2D eigenvalue weighted by Crippen LogP contribution is 2.47. The van der Waals surface area contributed by atoms with E-state index in [4.69, 9.17) is 0 Å². The SMILES string of the molecule is CCCCCCCC1C[C@]1(NC(=O)C1CCCN1C(=O)CNC(=O)NC(CN1CCN(C(C)C)S1(=O)=O)C(C)(C)C)C(=O)O. The summed E-state index contributed by atoms with van der Waals surface area (Å²) >= 11 is 0. The van der Waals surface area contributed by atoms with Crippen molar-refractivity contribution in [3.63, 3.8) is 0 Å². The van der Waals surface area contributed by atoms with Crippen LogP contribution in [0, 0.1) is 11.3 Å². The van der Waals surface area contributed by atoms with Crippen molar-refractivity contribution in [1.82, 2.24) is 29.5 Å². The van der Waals surface area contributed by atoms with Gasteiger partial charge in [0.25, 0.3) is 10.2 Å². The van der Waals surface area contributed by atoms with Crippen LogP contribution < -0.4 is 16.0 Å². The maximum atomic E-state index is 13.2. The minimum absolute atomic E-state index is 0.0931. The number of amides is 4. The Labute approximate surface area is 263 Å². The summed E-state index contributed by atoms with van der Waals surface area (Å²) in [6.07, 6.45) is 7.55. The molecule has 0 aromatic carbocycles. The van der Waals surface area contributed by atoms with Crippen LogP contribution >= 0.6 is 0 Å². The van der Waals surface area contributed by atoms with Crippen molar-refractivity contribution >= 4 is 34.0 Å². The van der Waals surface area contributed by atoms with Crippen molar-refractivity contribution < 1.29 is 32.7 Å². The lowest BCUT2D eigenvalue weighted by Crippen LogP contribution is -2.56. The highest BCUT2D eigenvalue weighted by Gasteiger charge is 2.61. The Hall–Kier alpha value is -2.45. The predicted molar refractivity (Wildman–Crippen MR) is 167 cm³/mol. The van der Waals surface area contributed by atoms with Crippen LogP contribution in [0.2, 0.25) is 0 Å². The monoisotopic (exact) mass is 642 g/mol. The second-order valence-corrected chi connectivity index (χ2v) is 15.8. The fourth-order valence-corrected chi connectivity index (χ4v) is 8.08. The Bertz CT molecular complexity index is 1160. The molecule has 1 aliphatic carbocycles. The first kappa shape index (κ1) is 36.0. The van der Waals surface area contributed by atoms with Crippen molar-refractivity contribution in [2.24, 2.45) is 11.3 Å². The fraction of sp³-hybridized carbons (Fsp3) is 0.867. The maximum Gasteiger partial charge on any atom is 0.329 e. The van der Waals surface area contributed by atoms with Gasteiger partial charge in [-0.15, -0.1) is 0 Å². The van der Waals surface area contributed by atoms with Gasteiger partial charge in [0.15, 0.2) is 0 Å². The Morgan fingerprint density at radius 3 is 2.30 bits per heavy atom. The van der Waals surface area contributed by atoms with Crippen LogP contribution in [0.3, 0.4) is 0 Å². The molecule has 14 heteroatoms. The molecule has 13 nitrogen and oxygen atoms in total. The first-order valence-corrected chi connectivity index (χ1v) is 17.6. The molecule has 3 fully saturated rings. The molecule has 2 heterocycles. The molecular formula is C30H54N6O7S. The second-order valence-electron chi connectivity index (χ2n) is 13.9. The van der Waals surface area contributed by atoms with Crippen LogP contribution in [-0.2, 0) is 24.6 Å². The molecule has 3 aliphatic rings. The molecule has 44 heavy (non-hydrogen) atoms. The Morgan fingerprint density at radius 1 is 1.02 bits per heavy atom. The summed E-state index contributed by atoms with van der Waals surface area (Å²) < 4.78 is 28.7. The van der Waals surface area contributed by atoms with E-state index in [1.165, 1.54) is 13.5 Å². The lowest BCUT2D eigenvalue weighted by Gasteiger charge is -2.34. The number of aliphatic carboxylic acids is 1. The molecule has 2 aliphatic heterocycles. The number of carboxylic acids is 1. The smallest absolute Gasteiger partial charge is 0.329 e. The van der Waals surface area contributed by atoms with Gasteiger partial charge in [-0.3, -0.25) is 9.59 Å². The Morgan fingerprint density at radius 2 is 1.70 bits per heavy atom. The highest BCUT2D eigenvalue weighted by molar-refractivity contribution is 7.87. The number of rotatable bonds is 15. The van der Waals surface area contributed by atoms with E-state index in [1.54, 1.807) is 0 Å². The molecule has 0 bridgehead atoms. The van der Waals surface area contributed by atoms with Crippen molar-refractivity contribution in [3.05, 3.63) is 0 Å². The largest absolute Gasteiger partial charge is 0.479 e. The maximum absolute atomic E-state index is 13.2. The molecule has 3 rings (SSSR count). The van der Waals surface area contributed by atoms with Crippen molar-refractivity contribution in [2.75, 3.05) is 32.7 Å². The summed E-state index contributed by atoms with van der Waals surface area (Å²) in [6, 6.07) is -2.10. The third-order valence-electron chi connectivity index (χ3n) is 9.27. The number of unbranched alkanes of at least 4 members (excludes halogenated alkanes) is 4. The molecule has 0 aromatic rings. The molecule has 0 radical (unpaired) electrons. The van der Waals surface area contributed by atoms with E-state index in [9.17, 15) is 32.7 Å². The summed E-state index contributed by atoms with van der Waals surface area (Å²) in [5.74, 6) is -2.05. The summed E-state index contributed by atoms with van der Waals surface area (Å²) in [6.45, 7) is 12.3. The number of nitrogens with one attached hydrogen (secondary N) is 3. The van der Waals surface area contributed by atoms with E-state index in [0.29, 0.717) is 38.9 Å². The summed E-state index contributed by atoms with van der Waals surface area (Å²) in [4.78, 5) is 52.8. The average Bonchev–Trinajstić information content (AvgIpc) is 3.25. The molecule has 4 N–H and O–H groups in total. The van der Waals surface area contributed by atoms with Crippen LogP contribution in [0.15, 0.2) is 0 Å². The minimum Gasteiger partial charge on any atom is -0.479 e. The van der Waals surface area contributed by atoms with E-state index < -0.39 is 57.1 Å². The van der Waals surface area contributed by atoms with Gasteiger partial charge < -0.3 is 26.0 Å². The molecule has 0 aromatic heterocycles. The van der Waals surface area contributed by atoms with Crippen LogP contribution in [-0.4, -0.2) is 107 Å². The van der Waals surface area contributed by atoms with Gasteiger partial charge in [0.1, 0.15) is 11.6 Å². The van der Waals surface area contributed by atoms with Gasteiger partial charge in [-0.05, 0) is 50.9 Å². The topological polar surface area (TPSA) is 168 Å². The van der Waals surface area contributed by atoms with Gasteiger partial charge >= 0.3 is 12.0 Å². The molecule has 0 spiro atoms. The molecule has 3 unspecified atom stereocenters. The number of carbonyl (C=O) groups is 4. The molecular weight excluding hydrogens is 588 g/mol. The first-order valence-electron chi connectivity index (χ1n) is 16.2. The van der Waals surface area contributed by atoms with Crippen LogP contribution in [0.1, 0.15) is 99.3 Å². The predicted octanol–water partition coefficient (Wildman–Crippen LogP) is 2.28. The normalized spacial score (nSPS) is 26.0. The van der Waals surface area contributed by atoms with Gasteiger partial charge in [0.05, 0.1) is 6.54 Å². The zero-order valence-electron chi connectivity index (χ0n) is 27.4. The number of hydrogen-bond donors (Lipinski definition) is 4. The number of carbonyl (C=O) groups excluding carboxylic acids is 3.